The highest BCUT2D eigenvalue weighted by molar-refractivity contribution is 6.34. The number of esters is 1. The number of nitrogens with zero attached hydrogens (tertiary/aromatic N) is 1. The van der Waals surface area contributed by atoms with Crippen LogP contribution < -0.4 is 4.90 Å². The van der Waals surface area contributed by atoms with Crippen molar-refractivity contribution in [2.24, 2.45) is 0 Å². The van der Waals surface area contributed by atoms with Crippen molar-refractivity contribution >= 4 is 28.7 Å². The van der Waals surface area contributed by atoms with Gasteiger partial charge in [0.25, 0.3) is 5.91 Å². The number of para-hydroxylation sites is 1. The molecule has 1 spiro atoms. The molecule has 0 aliphatic carbocycles. The summed E-state index contributed by atoms with van der Waals surface area (Å²) in [5.74, 6) is -0.745. The van der Waals surface area contributed by atoms with Crippen molar-refractivity contribution in [1.29, 1.82) is 0 Å². The molecule has 2 heterocycles. The molecule has 0 bridgehead atoms. The molecular weight excluding hydrogens is 422 g/mol. The maximum Gasteiger partial charge on any atom is 0.340 e. The monoisotopic (exact) mass is 443 g/mol. The van der Waals surface area contributed by atoms with Crippen molar-refractivity contribution < 1.29 is 14.3 Å². The molecule has 6 rings (SSSR count). The van der Waals surface area contributed by atoms with Gasteiger partial charge in [0.1, 0.15) is 0 Å². The predicted octanol–water partition coefficient (Wildman–Crippen LogP) is 5.60. The molecule has 0 saturated heterocycles. The summed E-state index contributed by atoms with van der Waals surface area (Å²) in [6.45, 7) is 0.388. The first kappa shape index (κ1) is 20.2. The van der Waals surface area contributed by atoms with E-state index in [2.05, 4.69) is 0 Å². The standard InChI is InChI=1S/C30H21NO3/c32-28-26(22-14-6-2-7-15-22)27(23-16-8-3-9-17-23)30(34-28)24-18-10-11-19-25(24)31(29(30)33)20-21-12-4-1-5-13-21/h1-19H,20H2/t30-/m1/s1. The van der Waals surface area contributed by atoms with E-state index in [4.69, 9.17) is 4.74 Å². The number of ether oxygens (including phenoxy) is 1. The van der Waals surface area contributed by atoms with Gasteiger partial charge in [-0.1, -0.05) is 109 Å². The van der Waals surface area contributed by atoms with E-state index in [-0.39, 0.29) is 5.91 Å². The summed E-state index contributed by atoms with van der Waals surface area (Å²) in [6.07, 6.45) is 0. The highest BCUT2D eigenvalue weighted by Gasteiger charge is 2.61. The SMILES string of the molecule is O=C1O[C@@]2(C(=O)N(Cc3ccccc3)c3ccccc32)C(c2ccccc2)=C1c1ccccc1. The summed E-state index contributed by atoms with van der Waals surface area (Å²) in [5, 5.41) is 0. The van der Waals surface area contributed by atoms with Crippen LogP contribution in [0.5, 0.6) is 0 Å². The van der Waals surface area contributed by atoms with Crippen molar-refractivity contribution in [2.45, 2.75) is 12.1 Å². The van der Waals surface area contributed by atoms with E-state index in [9.17, 15) is 9.59 Å². The van der Waals surface area contributed by atoms with Gasteiger partial charge in [-0.3, -0.25) is 4.79 Å². The summed E-state index contributed by atoms with van der Waals surface area (Å²) < 4.78 is 6.15. The van der Waals surface area contributed by atoms with Crippen LogP contribution in [0.25, 0.3) is 11.1 Å². The van der Waals surface area contributed by atoms with E-state index in [1.807, 2.05) is 115 Å². The van der Waals surface area contributed by atoms with Crippen LogP contribution in [-0.2, 0) is 26.5 Å². The Labute approximate surface area is 197 Å². The van der Waals surface area contributed by atoms with E-state index in [0.717, 1.165) is 22.4 Å². The molecule has 0 N–H and O–H groups in total. The van der Waals surface area contributed by atoms with Gasteiger partial charge in [-0.2, -0.15) is 0 Å². The molecule has 0 fully saturated rings. The second kappa shape index (κ2) is 7.85. The molecule has 4 aromatic carbocycles. The van der Waals surface area contributed by atoms with Crippen LogP contribution in [0, 0.1) is 0 Å². The molecule has 4 aromatic rings. The largest absolute Gasteiger partial charge is 0.435 e. The fourth-order valence-corrected chi connectivity index (χ4v) is 5.02. The van der Waals surface area contributed by atoms with Crippen molar-refractivity contribution in [3.05, 3.63) is 138 Å². The number of rotatable bonds is 4. The van der Waals surface area contributed by atoms with Crippen LogP contribution in [0.4, 0.5) is 5.69 Å². The number of carbonyl (C=O) groups is 2. The maximum atomic E-state index is 14.3. The zero-order valence-electron chi connectivity index (χ0n) is 18.3. The van der Waals surface area contributed by atoms with Crippen LogP contribution in [0.1, 0.15) is 22.3 Å². The van der Waals surface area contributed by atoms with E-state index < -0.39 is 11.6 Å². The Hall–Kier alpha value is -4.44. The first-order valence-electron chi connectivity index (χ1n) is 11.2. The van der Waals surface area contributed by atoms with E-state index >= 15 is 0 Å². The minimum atomic E-state index is -1.53. The third-order valence-corrected chi connectivity index (χ3v) is 6.48. The van der Waals surface area contributed by atoms with E-state index in [0.29, 0.717) is 23.3 Å². The average Bonchev–Trinajstić information content (AvgIpc) is 3.33. The lowest BCUT2D eigenvalue weighted by atomic mass is 9.81. The quantitative estimate of drug-likeness (QED) is 0.386. The molecule has 2 aliphatic heterocycles. The smallest absolute Gasteiger partial charge is 0.340 e. The Morgan fingerprint density at radius 1 is 0.647 bits per heavy atom. The third kappa shape index (κ3) is 2.92. The first-order valence-corrected chi connectivity index (χ1v) is 11.2. The molecule has 4 heteroatoms. The van der Waals surface area contributed by atoms with Gasteiger partial charge < -0.3 is 9.64 Å². The minimum Gasteiger partial charge on any atom is -0.435 e. The topological polar surface area (TPSA) is 46.6 Å². The number of anilines is 1. The lowest BCUT2D eigenvalue weighted by Crippen LogP contribution is -2.41. The summed E-state index contributed by atoms with van der Waals surface area (Å²) in [7, 11) is 0. The second-order valence-corrected chi connectivity index (χ2v) is 8.45. The van der Waals surface area contributed by atoms with Gasteiger partial charge in [-0.25, -0.2) is 4.79 Å². The molecule has 34 heavy (non-hydrogen) atoms. The van der Waals surface area contributed by atoms with Crippen molar-refractivity contribution in [1.82, 2.24) is 0 Å². The molecule has 1 amide bonds. The summed E-state index contributed by atoms with van der Waals surface area (Å²) >= 11 is 0. The van der Waals surface area contributed by atoms with Crippen molar-refractivity contribution in [2.75, 3.05) is 4.90 Å². The van der Waals surface area contributed by atoms with Gasteiger partial charge in [-0.05, 0) is 22.8 Å². The average molecular weight is 444 g/mol. The maximum absolute atomic E-state index is 14.3. The van der Waals surface area contributed by atoms with Crippen molar-refractivity contribution in [3.8, 4) is 0 Å². The molecule has 0 saturated carbocycles. The summed E-state index contributed by atoms with van der Waals surface area (Å²) in [4.78, 5) is 29.5. The number of fused-ring (bicyclic) bond motifs is 2. The van der Waals surface area contributed by atoms with Crippen LogP contribution >= 0.6 is 0 Å². The molecular formula is C30H21NO3. The number of hydrogen-bond acceptors (Lipinski definition) is 3. The van der Waals surface area contributed by atoms with E-state index in [1.54, 1.807) is 4.90 Å². The highest BCUT2D eigenvalue weighted by Crippen LogP contribution is 2.56. The first-order chi connectivity index (χ1) is 16.7. The number of amides is 1. The Morgan fingerprint density at radius 2 is 1.21 bits per heavy atom. The van der Waals surface area contributed by atoms with Crippen LogP contribution in [0.2, 0.25) is 0 Å². The van der Waals surface area contributed by atoms with Crippen LogP contribution in [-0.4, -0.2) is 11.9 Å². The highest BCUT2D eigenvalue weighted by atomic mass is 16.6. The Balaban J connectivity index is 1.62. The van der Waals surface area contributed by atoms with Crippen LogP contribution in [0.15, 0.2) is 115 Å². The van der Waals surface area contributed by atoms with Gasteiger partial charge in [-0.15, -0.1) is 0 Å². The van der Waals surface area contributed by atoms with Gasteiger partial charge in [0, 0.05) is 11.1 Å². The Morgan fingerprint density at radius 3 is 1.88 bits per heavy atom. The fraction of sp³-hybridized carbons (Fsp3) is 0.0667. The molecule has 0 radical (unpaired) electrons. The van der Waals surface area contributed by atoms with Crippen molar-refractivity contribution in [3.63, 3.8) is 0 Å². The molecule has 2 aliphatic rings. The van der Waals surface area contributed by atoms with Gasteiger partial charge >= 0.3 is 5.97 Å². The Bertz CT molecular complexity index is 1430. The third-order valence-electron chi connectivity index (χ3n) is 6.48. The second-order valence-electron chi connectivity index (χ2n) is 8.45. The van der Waals surface area contributed by atoms with E-state index in [1.165, 1.54) is 0 Å². The predicted molar refractivity (Wildman–Crippen MR) is 132 cm³/mol. The molecule has 164 valence electrons. The fourth-order valence-electron chi connectivity index (χ4n) is 5.02. The minimum absolute atomic E-state index is 0.254. The van der Waals surface area contributed by atoms with Gasteiger partial charge in [0.15, 0.2) is 0 Å². The Kier molecular flexibility index (Phi) is 4.66. The normalized spacial score (nSPS) is 19.0. The summed E-state index contributed by atoms with van der Waals surface area (Å²) in [6, 6.07) is 36.5. The number of benzene rings is 4. The zero-order chi connectivity index (χ0) is 23.1. The molecule has 1 atom stereocenters. The lowest BCUT2D eigenvalue weighted by molar-refractivity contribution is -0.153. The lowest BCUT2D eigenvalue weighted by Gasteiger charge is -2.26. The van der Waals surface area contributed by atoms with Gasteiger partial charge in [0.05, 0.1) is 17.8 Å². The van der Waals surface area contributed by atoms with Gasteiger partial charge in [0.2, 0.25) is 5.60 Å². The molecule has 0 unspecified atom stereocenters. The zero-order valence-corrected chi connectivity index (χ0v) is 18.3. The molecule has 4 nitrogen and oxygen atoms in total. The summed E-state index contributed by atoms with van der Waals surface area (Å²) in [5.41, 5.74) is 3.46. The molecule has 0 aromatic heterocycles. The number of hydrogen-bond donors (Lipinski definition) is 0. The van der Waals surface area contributed by atoms with Crippen LogP contribution in [0.3, 0.4) is 0 Å². The number of carbonyl (C=O) groups excluding carboxylic acids is 2.